The SMILES string of the molecule is C=CN1C(=O)C(C)C(C)C1C. The Morgan fingerprint density at radius 2 is 2.00 bits per heavy atom. The molecule has 1 aliphatic rings. The minimum absolute atomic E-state index is 0.156. The molecule has 1 saturated heterocycles. The Hall–Kier alpha value is -0.790. The van der Waals surface area contributed by atoms with E-state index < -0.39 is 0 Å². The van der Waals surface area contributed by atoms with Crippen LogP contribution in [0.1, 0.15) is 20.8 Å². The van der Waals surface area contributed by atoms with Gasteiger partial charge in [0, 0.05) is 12.0 Å². The molecule has 0 spiro atoms. The van der Waals surface area contributed by atoms with Crippen molar-refractivity contribution >= 4 is 5.91 Å². The summed E-state index contributed by atoms with van der Waals surface area (Å²) in [6, 6.07) is 0.315. The lowest BCUT2D eigenvalue weighted by molar-refractivity contribution is -0.129. The first kappa shape index (κ1) is 8.31. The van der Waals surface area contributed by atoms with Gasteiger partial charge in [-0.05, 0) is 19.0 Å². The van der Waals surface area contributed by atoms with Gasteiger partial charge in [-0.2, -0.15) is 0 Å². The zero-order valence-electron chi connectivity index (χ0n) is 7.37. The van der Waals surface area contributed by atoms with Crippen LogP contribution in [0.2, 0.25) is 0 Å². The number of hydrogen-bond acceptors (Lipinski definition) is 1. The number of carbonyl (C=O) groups excluding carboxylic acids is 1. The van der Waals surface area contributed by atoms with Crippen molar-refractivity contribution in [3.8, 4) is 0 Å². The maximum atomic E-state index is 11.4. The van der Waals surface area contributed by atoms with Crippen LogP contribution in [0.25, 0.3) is 0 Å². The Balaban J connectivity index is 2.85. The zero-order chi connectivity index (χ0) is 8.59. The highest BCUT2D eigenvalue weighted by Crippen LogP contribution is 2.29. The summed E-state index contributed by atoms with van der Waals surface area (Å²) >= 11 is 0. The smallest absolute Gasteiger partial charge is 0.229 e. The van der Waals surface area contributed by atoms with Gasteiger partial charge in [0.2, 0.25) is 5.91 Å². The van der Waals surface area contributed by atoms with Crippen molar-refractivity contribution in [3.05, 3.63) is 12.8 Å². The summed E-state index contributed by atoms with van der Waals surface area (Å²) in [6.45, 7) is 9.77. The van der Waals surface area contributed by atoms with Gasteiger partial charge >= 0.3 is 0 Å². The third kappa shape index (κ3) is 1.06. The molecule has 11 heavy (non-hydrogen) atoms. The number of likely N-dealkylation sites (tertiary alicyclic amines) is 1. The fourth-order valence-corrected chi connectivity index (χ4v) is 1.59. The summed E-state index contributed by atoms with van der Waals surface area (Å²) in [5.41, 5.74) is 0. The molecule has 1 heterocycles. The van der Waals surface area contributed by atoms with Gasteiger partial charge in [-0.1, -0.05) is 20.4 Å². The summed E-state index contributed by atoms with van der Waals surface area (Å²) in [7, 11) is 0. The second-order valence-corrected chi connectivity index (χ2v) is 3.32. The summed E-state index contributed by atoms with van der Waals surface area (Å²) in [4.78, 5) is 13.1. The van der Waals surface area contributed by atoms with E-state index in [1.165, 1.54) is 0 Å². The van der Waals surface area contributed by atoms with Crippen molar-refractivity contribution in [2.24, 2.45) is 11.8 Å². The van der Waals surface area contributed by atoms with Crippen LogP contribution < -0.4 is 0 Å². The molecule has 1 aliphatic heterocycles. The molecule has 2 heteroatoms. The largest absolute Gasteiger partial charge is 0.316 e. The summed E-state index contributed by atoms with van der Waals surface area (Å²) in [5.74, 6) is 0.809. The van der Waals surface area contributed by atoms with Gasteiger partial charge in [0.1, 0.15) is 0 Å². The Morgan fingerprint density at radius 3 is 2.18 bits per heavy atom. The molecule has 1 amide bonds. The number of hydrogen-bond donors (Lipinski definition) is 0. The van der Waals surface area contributed by atoms with Gasteiger partial charge in [0.05, 0.1) is 0 Å². The lowest BCUT2D eigenvalue weighted by atomic mass is 9.95. The topological polar surface area (TPSA) is 20.3 Å². The number of amides is 1. The molecular formula is C9H15NO. The van der Waals surface area contributed by atoms with E-state index in [0.29, 0.717) is 12.0 Å². The predicted octanol–water partition coefficient (Wildman–Crippen LogP) is 1.63. The Labute approximate surface area is 67.9 Å². The molecule has 3 atom stereocenters. The lowest BCUT2D eigenvalue weighted by Gasteiger charge is -2.17. The molecule has 0 aromatic rings. The molecule has 0 radical (unpaired) electrons. The minimum atomic E-state index is 0.156. The van der Waals surface area contributed by atoms with E-state index >= 15 is 0 Å². The Bertz CT molecular complexity index is 188. The van der Waals surface area contributed by atoms with Crippen molar-refractivity contribution in [2.75, 3.05) is 0 Å². The van der Waals surface area contributed by atoms with Crippen molar-refractivity contribution in [1.82, 2.24) is 4.90 Å². The third-order valence-corrected chi connectivity index (χ3v) is 2.83. The number of rotatable bonds is 1. The minimum Gasteiger partial charge on any atom is -0.316 e. The van der Waals surface area contributed by atoms with E-state index in [1.807, 2.05) is 6.92 Å². The highest BCUT2D eigenvalue weighted by molar-refractivity contribution is 5.82. The first-order valence-electron chi connectivity index (χ1n) is 4.04. The molecule has 3 unspecified atom stereocenters. The molecule has 62 valence electrons. The molecule has 0 aliphatic carbocycles. The van der Waals surface area contributed by atoms with E-state index in [1.54, 1.807) is 11.1 Å². The third-order valence-electron chi connectivity index (χ3n) is 2.83. The normalized spacial score (nSPS) is 37.9. The second kappa shape index (κ2) is 2.68. The van der Waals surface area contributed by atoms with Crippen molar-refractivity contribution in [3.63, 3.8) is 0 Å². The molecule has 1 rings (SSSR count). The van der Waals surface area contributed by atoms with Crippen molar-refractivity contribution in [2.45, 2.75) is 26.8 Å². The van der Waals surface area contributed by atoms with Crippen LogP contribution in [0.15, 0.2) is 12.8 Å². The maximum absolute atomic E-state index is 11.4. The maximum Gasteiger partial charge on any atom is 0.229 e. The molecule has 0 N–H and O–H groups in total. The molecule has 0 aromatic heterocycles. The molecule has 0 bridgehead atoms. The first-order valence-corrected chi connectivity index (χ1v) is 4.04. The molecule has 0 saturated carbocycles. The van der Waals surface area contributed by atoms with Crippen LogP contribution >= 0.6 is 0 Å². The van der Waals surface area contributed by atoms with Gasteiger partial charge in [0.25, 0.3) is 0 Å². The van der Waals surface area contributed by atoms with Crippen molar-refractivity contribution < 1.29 is 4.79 Å². The average molecular weight is 153 g/mol. The molecule has 1 fully saturated rings. The van der Waals surface area contributed by atoms with Crippen LogP contribution in [-0.2, 0) is 4.79 Å². The fraction of sp³-hybridized carbons (Fsp3) is 0.667. The van der Waals surface area contributed by atoms with Gasteiger partial charge in [-0.3, -0.25) is 4.79 Å². The number of nitrogens with zero attached hydrogens (tertiary/aromatic N) is 1. The van der Waals surface area contributed by atoms with Gasteiger partial charge in [-0.15, -0.1) is 0 Å². The van der Waals surface area contributed by atoms with Crippen LogP contribution in [0.4, 0.5) is 0 Å². The second-order valence-electron chi connectivity index (χ2n) is 3.32. The van der Waals surface area contributed by atoms with Gasteiger partial charge < -0.3 is 4.90 Å². The summed E-state index contributed by atoms with van der Waals surface area (Å²) in [6.07, 6.45) is 1.63. The van der Waals surface area contributed by atoms with Crippen LogP contribution in [-0.4, -0.2) is 16.8 Å². The van der Waals surface area contributed by atoms with E-state index in [-0.39, 0.29) is 11.8 Å². The summed E-state index contributed by atoms with van der Waals surface area (Å²) < 4.78 is 0. The quantitative estimate of drug-likeness (QED) is 0.560. The van der Waals surface area contributed by atoms with Crippen LogP contribution in [0, 0.1) is 11.8 Å². The highest BCUT2D eigenvalue weighted by atomic mass is 16.2. The standard InChI is InChI=1S/C9H15NO/c1-5-10-8(4)6(2)7(3)9(10)11/h5-8H,1H2,2-4H3. The Morgan fingerprint density at radius 1 is 1.45 bits per heavy atom. The van der Waals surface area contributed by atoms with Gasteiger partial charge in [0.15, 0.2) is 0 Å². The zero-order valence-corrected chi connectivity index (χ0v) is 7.37. The highest BCUT2D eigenvalue weighted by Gasteiger charge is 2.38. The molecule has 2 nitrogen and oxygen atoms in total. The van der Waals surface area contributed by atoms with E-state index in [4.69, 9.17) is 0 Å². The van der Waals surface area contributed by atoms with E-state index in [9.17, 15) is 4.79 Å². The Kier molecular flexibility index (Phi) is 2.03. The first-order chi connectivity index (χ1) is 5.09. The molecular weight excluding hydrogens is 138 g/mol. The monoisotopic (exact) mass is 153 g/mol. The van der Waals surface area contributed by atoms with Crippen molar-refractivity contribution in [1.29, 1.82) is 0 Å². The predicted molar refractivity (Wildman–Crippen MR) is 44.8 cm³/mol. The number of carbonyl (C=O) groups is 1. The van der Waals surface area contributed by atoms with Crippen LogP contribution in [0.3, 0.4) is 0 Å². The van der Waals surface area contributed by atoms with E-state index in [0.717, 1.165) is 0 Å². The van der Waals surface area contributed by atoms with E-state index in [2.05, 4.69) is 20.4 Å². The fourth-order valence-electron chi connectivity index (χ4n) is 1.59. The molecule has 0 aromatic carbocycles. The average Bonchev–Trinajstić information content (AvgIpc) is 2.17. The lowest BCUT2D eigenvalue weighted by Crippen LogP contribution is -2.26. The summed E-state index contributed by atoms with van der Waals surface area (Å²) in [5, 5.41) is 0. The van der Waals surface area contributed by atoms with Gasteiger partial charge in [-0.25, -0.2) is 0 Å². The van der Waals surface area contributed by atoms with Crippen LogP contribution in [0.5, 0.6) is 0 Å².